The van der Waals surface area contributed by atoms with Crippen LogP contribution in [0, 0.1) is 17.8 Å². The number of hydrogen-bond acceptors (Lipinski definition) is 5. The number of alkyl halides is 1. The second-order valence-electron chi connectivity index (χ2n) is 8.06. The van der Waals surface area contributed by atoms with Crippen LogP contribution in [0.1, 0.15) is 25.5 Å². The van der Waals surface area contributed by atoms with Crippen LogP contribution >= 0.6 is 0 Å². The quantitative estimate of drug-likeness (QED) is 0.601. The third-order valence-corrected chi connectivity index (χ3v) is 5.46. The smallest absolute Gasteiger partial charge is 0.228 e. The van der Waals surface area contributed by atoms with Gasteiger partial charge in [-0.25, -0.2) is 13.9 Å². The van der Waals surface area contributed by atoms with Gasteiger partial charge in [-0.1, -0.05) is 5.92 Å². The highest BCUT2D eigenvalue weighted by molar-refractivity contribution is 5.93. The second kappa shape index (κ2) is 7.67. The van der Waals surface area contributed by atoms with E-state index in [1.807, 2.05) is 30.5 Å². The molecular formula is C23H22FN5O2. The summed E-state index contributed by atoms with van der Waals surface area (Å²) in [6, 6.07) is 7.51. The Morgan fingerprint density at radius 2 is 2.23 bits per heavy atom. The third-order valence-electron chi connectivity index (χ3n) is 5.46. The van der Waals surface area contributed by atoms with E-state index in [-0.39, 0.29) is 31.5 Å². The zero-order valence-electron chi connectivity index (χ0n) is 17.1. The van der Waals surface area contributed by atoms with Gasteiger partial charge in [-0.15, -0.1) is 0 Å². The molecular weight excluding hydrogens is 397 g/mol. The van der Waals surface area contributed by atoms with Crippen molar-refractivity contribution in [3.05, 3.63) is 42.4 Å². The van der Waals surface area contributed by atoms with Crippen molar-refractivity contribution in [1.82, 2.24) is 19.9 Å². The van der Waals surface area contributed by atoms with Crippen molar-refractivity contribution >= 4 is 17.2 Å². The second-order valence-corrected chi connectivity index (χ2v) is 8.06. The molecule has 1 amide bonds. The van der Waals surface area contributed by atoms with Gasteiger partial charge >= 0.3 is 0 Å². The van der Waals surface area contributed by atoms with E-state index in [1.54, 1.807) is 17.6 Å². The Labute approximate surface area is 179 Å². The average Bonchev–Trinajstić information content (AvgIpc) is 3.52. The molecule has 1 saturated heterocycles. The molecule has 31 heavy (non-hydrogen) atoms. The summed E-state index contributed by atoms with van der Waals surface area (Å²) < 4.78 is 22.0. The van der Waals surface area contributed by atoms with Crippen molar-refractivity contribution in [1.29, 1.82) is 0 Å². The summed E-state index contributed by atoms with van der Waals surface area (Å²) in [6.07, 6.45) is 5.28. The summed E-state index contributed by atoms with van der Waals surface area (Å²) in [6.45, 7) is 2.27. The maximum atomic E-state index is 14.4. The fourth-order valence-corrected chi connectivity index (χ4v) is 3.48. The number of fused-ring (bicyclic) bond motifs is 1. The summed E-state index contributed by atoms with van der Waals surface area (Å²) in [5, 5.41) is 10.2. The first kappa shape index (κ1) is 19.5. The first-order chi connectivity index (χ1) is 15.0. The number of nitrogens with one attached hydrogen (secondary N) is 2. The van der Waals surface area contributed by atoms with E-state index >= 15 is 0 Å². The maximum absolute atomic E-state index is 14.4. The normalized spacial score (nSPS) is 16.8. The standard InChI is InChI=1S/C23H22FN5O2/c1-2-3-17-9-19(20(11-26-17)31-14-23(24)12-25-13-23)16-6-7-29-18(8-16)10-21(28-29)27-22(30)15-4-5-15/h6-11,15,25H,4-5,12-14H2,1H3,(H,27,28,30). The topological polar surface area (TPSA) is 80.5 Å². The van der Waals surface area contributed by atoms with Crippen LogP contribution in [0.3, 0.4) is 0 Å². The maximum Gasteiger partial charge on any atom is 0.228 e. The molecule has 2 N–H and O–H groups in total. The minimum Gasteiger partial charge on any atom is -0.488 e. The molecule has 0 spiro atoms. The number of carbonyl (C=O) groups excluding carboxylic acids is 1. The Balaban J connectivity index is 1.46. The molecule has 2 fully saturated rings. The Bertz CT molecular complexity index is 1220. The number of halogens is 1. The van der Waals surface area contributed by atoms with E-state index in [1.165, 1.54) is 0 Å². The number of hydrogen-bond donors (Lipinski definition) is 2. The van der Waals surface area contributed by atoms with Crippen LogP contribution in [-0.4, -0.2) is 45.9 Å². The van der Waals surface area contributed by atoms with Crippen LogP contribution in [0.25, 0.3) is 16.6 Å². The van der Waals surface area contributed by atoms with Crippen molar-refractivity contribution in [2.24, 2.45) is 5.92 Å². The van der Waals surface area contributed by atoms with Gasteiger partial charge in [0.2, 0.25) is 5.91 Å². The highest BCUT2D eigenvalue weighted by Gasteiger charge is 2.38. The van der Waals surface area contributed by atoms with Gasteiger partial charge in [-0.3, -0.25) is 4.79 Å². The van der Waals surface area contributed by atoms with Crippen LogP contribution in [0.2, 0.25) is 0 Å². The molecule has 0 bridgehead atoms. The highest BCUT2D eigenvalue weighted by Crippen LogP contribution is 2.33. The van der Waals surface area contributed by atoms with Crippen LogP contribution in [0.15, 0.2) is 36.7 Å². The average molecular weight is 419 g/mol. The molecule has 1 aliphatic heterocycles. The fraction of sp³-hybridized carbons (Fsp3) is 0.348. The highest BCUT2D eigenvalue weighted by atomic mass is 19.1. The number of carbonyl (C=O) groups is 1. The molecule has 158 valence electrons. The lowest BCUT2D eigenvalue weighted by Crippen LogP contribution is -2.59. The van der Waals surface area contributed by atoms with E-state index in [2.05, 4.69) is 32.6 Å². The van der Waals surface area contributed by atoms with E-state index < -0.39 is 5.67 Å². The number of amides is 1. The predicted molar refractivity (Wildman–Crippen MR) is 115 cm³/mol. The van der Waals surface area contributed by atoms with Gasteiger partial charge in [-0.2, -0.15) is 5.10 Å². The molecule has 3 aromatic heterocycles. The number of pyridine rings is 2. The van der Waals surface area contributed by atoms with Crippen molar-refractivity contribution in [3.8, 4) is 28.7 Å². The number of nitrogens with zero attached hydrogens (tertiary/aromatic N) is 3. The number of aromatic nitrogens is 3. The Kier molecular flexibility index (Phi) is 4.83. The van der Waals surface area contributed by atoms with Crippen molar-refractivity contribution in [3.63, 3.8) is 0 Å². The number of rotatable bonds is 6. The molecule has 5 rings (SSSR count). The Morgan fingerprint density at radius 1 is 1.39 bits per heavy atom. The van der Waals surface area contributed by atoms with E-state index in [4.69, 9.17) is 4.74 Å². The monoisotopic (exact) mass is 419 g/mol. The SMILES string of the molecule is CC#Cc1cc(-c2ccn3nc(NC(=O)C4CC4)cc3c2)c(OCC2(F)CNC2)cn1. The van der Waals surface area contributed by atoms with E-state index in [0.29, 0.717) is 17.3 Å². The summed E-state index contributed by atoms with van der Waals surface area (Å²) in [5.74, 6) is 6.95. The molecule has 3 aromatic rings. The van der Waals surface area contributed by atoms with Crippen LogP contribution in [-0.2, 0) is 4.79 Å². The van der Waals surface area contributed by atoms with Crippen molar-refractivity contribution < 1.29 is 13.9 Å². The van der Waals surface area contributed by atoms with Gasteiger partial charge in [0.1, 0.15) is 18.1 Å². The molecule has 1 saturated carbocycles. The summed E-state index contributed by atoms with van der Waals surface area (Å²) >= 11 is 0. The number of ether oxygens (including phenoxy) is 1. The van der Waals surface area contributed by atoms with E-state index in [9.17, 15) is 9.18 Å². The van der Waals surface area contributed by atoms with Crippen LogP contribution in [0.5, 0.6) is 5.75 Å². The molecule has 0 radical (unpaired) electrons. The molecule has 8 heteroatoms. The first-order valence-electron chi connectivity index (χ1n) is 10.3. The van der Waals surface area contributed by atoms with Gasteiger partial charge in [-0.05, 0) is 49.4 Å². The lowest BCUT2D eigenvalue weighted by molar-refractivity contribution is -0.117. The van der Waals surface area contributed by atoms with Crippen molar-refractivity contribution in [2.45, 2.75) is 25.4 Å². The van der Waals surface area contributed by atoms with Gasteiger partial charge in [0.15, 0.2) is 11.5 Å². The fourth-order valence-electron chi connectivity index (χ4n) is 3.48. The Morgan fingerprint density at radius 3 is 2.94 bits per heavy atom. The predicted octanol–water partition coefficient (Wildman–Crippen LogP) is 2.81. The molecule has 4 heterocycles. The Hall–Kier alpha value is -3.44. The van der Waals surface area contributed by atoms with Gasteiger partial charge in [0, 0.05) is 36.8 Å². The minimum absolute atomic E-state index is 0.0156. The third kappa shape index (κ3) is 4.09. The number of anilines is 1. The van der Waals surface area contributed by atoms with Gasteiger partial charge in [0.05, 0.1) is 11.7 Å². The first-order valence-corrected chi connectivity index (χ1v) is 10.3. The minimum atomic E-state index is -1.36. The van der Waals surface area contributed by atoms with Gasteiger partial charge < -0.3 is 15.4 Å². The summed E-state index contributed by atoms with van der Waals surface area (Å²) in [5.41, 5.74) is 1.71. The van der Waals surface area contributed by atoms with Crippen LogP contribution in [0.4, 0.5) is 10.2 Å². The molecule has 0 unspecified atom stereocenters. The van der Waals surface area contributed by atoms with Gasteiger partial charge in [0.25, 0.3) is 0 Å². The summed E-state index contributed by atoms with van der Waals surface area (Å²) in [7, 11) is 0. The van der Waals surface area contributed by atoms with Crippen molar-refractivity contribution in [2.75, 3.05) is 25.0 Å². The largest absolute Gasteiger partial charge is 0.488 e. The lowest BCUT2D eigenvalue weighted by atomic mass is 10.0. The molecule has 7 nitrogen and oxygen atoms in total. The summed E-state index contributed by atoms with van der Waals surface area (Å²) in [4.78, 5) is 16.4. The molecule has 0 aromatic carbocycles. The zero-order chi connectivity index (χ0) is 21.4. The molecule has 2 aliphatic rings. The molecule has 0 atom stereocenters. The zero-order valence-corrected chi connectivity index (χ0v) is 17.1. The van der Waals surface area contributed by atoms with Crippen LogP contribution < -0.4 is 15.4 Å². The van der Waals surface area contributed by atoms with E-state index in [0.717, 1.165) is 29.5 Å². The lowest BCUT2D eigenvalue weighted by Gasteiger charge is -2.34. The molecule has 1 aliphatic carbocycles.